The highest BCUT2D eigenvalue weighted by Gasteiger charge is 2.06. The summed E-state index contributed by atoms with van der Waals surface area (Å²) in [7, 11) is 1.61. The molecule has 6 heteroatoms. The van der Waals surface area contributed by atoms with Crippen molar-refractivity contribution < 1.29 is 14.3 Å². The number of ether oxygens (including phenoxy) is 2. The quantitative estimate of drug-likeness (QED) is 0.508. The second kappa shape index (κ2) is 9.64. The topological polar surface area (TPSA) is 75.4 Å². The Hall–Kier alpha value is -2.99. The van der Waals surface area contributed by atoms with Crippen LogP contribution in [0, 0.1) is 0 Å². The van der Waals surface area contributed by atoms with Gasteiger partial charge in [0.1, 0.15) is 12.4 Å². The zero-order chi connectivity index (χ0) is 18.9. The van der Waals surface area contributed by atoms with E-state index >= 15 is 0 Å². The third-order valence-electron chi connectivity index (χ3n) is 4.26. The summed E-state index contributed by atoms with van der Waals surface area (Å²) >= 11 is 0. The van der Waals surface area contributed by atoms with Crippen molar-refractivity contribution in [1.82, 2.24) is 15.6 Å². The number of nitrogens with one attached hydrogen (secondary N) is 3. The Morgan fingerprint density at radius 1 is 1.07 bits per heavy atom. The normalized spacial score (nSPS) is 10.7. The number of aromatic amines is 1. The van der Waals surface area contributed by atoms with Gasteiger partial charge in [0, 0.05) is 43.4 Å². The van der Waals surface area contributed by atoms with Gasteiger partial charge in [0.2, 0.25) is 0 Å². The van der Waals surface area contributed by atoms with Crippen LogP contribution in [0.5, 0.6) is 5.75 Å². The fourth-order valence-corrected chi connectivity index (χ4v) is 2.84. The van der Waals surface area contributed by atoms with Crippen molar-refractivity contribution in [2.24, 2.45) is 0 Å². The van der Waals surface area contributed by atoms with E-state index in [9.17, 15) is 4.79 Å². The molecule has 0 aliphatic rings. The van der Waals surface area contributed by atoms with Gasteiger partial charge >= 0.3 is 6.03 Å². The minimum Gasteiger partial charge on any atom is -0.489 e. The van der Waals surface area contributed by atoms with E-state index < -0.39 is 0 Å². The molecule has 0 aliphatic heterocycles. The van der Waals surface area contributed by atoms with Gasteiger partial charge in [-0.15, -0.1) is 0 Å². The Morgan fingerprint density at radius 2 is 1.89 bits per heavy atom. The number of amides is 2. The number of urea groups is 1. The Bertz CT molecular complexity index is 861. The molecule has 3 aromatic rings. The predicted octanol–water partition coefficient (Wildman–Crippen LogP) is 3.24. The third-order valence-corrected chi connectivity index (χ3v) is 4.26. The molecule has 2 amide bonds. The van der Waals surface area contributed by atoms with E-state index in [1.165, 1.54) is 0 Å². The molecule has 0 atom stereocenters. The third kappa shape index (κ3) is 5.49. The second-order valence-electron chi connectivity index (χ2n) is 6.22. The molecule has 3 rings (SSSR count). The molecule has 0 fully saturated rings. The van der Waals surface area contributed by atoms with Gasteiger partial charge in [-0.25, -0.2) is 4.79 Å². The number of aromatic nitrogens is 1. The van der Waals surface area contributed by atoms with E-state index in [4.69, 9.17) is 9.47 Å². The molecular weight excluding hydrogens is 342 g/mol. The standard InChI is InChI=1S/C21H25N3O3/c1-26-12-11-23-21(25)22-10-9-17-14-24-20-13-18(7-8-19(17)20)27-15-16-5-3-2-4-6-16/h2-8,13-14,24H,9-12,15H2,1H3,(H2,22,23,25). The number of hydrogen-bond acceptors (Lipinski definition) is 3. The highest BCUT2D eigenvalue weighted by Crippen LogP contribution is 2.24. The molecule has 0 spiro atoms. The summed E-state index contributed by atoms with van der Waals surface area (Å²) in [6.07, 6.45) is 2.73. The molecular formula is C21H25N3O3. The molecule has 6 nitrogen and oxygen atoms in total. The smallest absolute Gasteiger partial charge is 0.314 e. The zero-order valence-electron chi connectivity index (χ0n) is 15.5. The van der Waals surface area contributed by atoms with Gasteiger partial charge < -0.3 is 25.1 Å². The molecule has 0 saturated carbocycles. The Morgan fingerprint density at radius 3 is 2.70 bits per heavy atom. The van der Waals surface area contributed by atoms with E-state index in [2.05, 4.69) is 21.7 Å². The molecule has 0 unspecified atom stereocenters. The van der Waals surface area contributed by atoms with E-state index in [0.29, 0.717) is 26.3 Å². The fraction of sp³-hybridized carbons (Fsp3) is 0.286. The summed E-state index contributed by atoms with van der Waals surface area (Å²) in [4.78, 5) is 14.9. The molecule has 0 aliphatic carbocycles. The van der Waals surface area contributed by atoms with Crippen LogP contribution in [0.15, 0.2) is 54.7 Å². The molecule has 0 saturated heterocycles. The van der Waals surface area contributed by atoms with Gasteiger partial charge in [-0.3, -0.25) is 0 Å². The van der Waals surface area contributed by atoms with Crippen LogP contribution in [-0.4, -0.2) is 37.8 Å². The number of methoxy groups -OCH3 is 1. The molecule has 142 valence electrons. The summed E-state index contributed by atoms with van der Waals surface area (Å²) in [5.74, 6) is 0.829. The number of hydrogen-bond donors (Lipinski definition) is 3. The molecule has 1 heterocycles. The molecule has 1 aromatic heterocycles. The summed E-state index contributed by atoms with van der Waals surface area (Å²) in [5.41, 5.74) is 3.33. The molecule has 0 bridgehead atoms. The van der Waals surface area contributed by atoms with Gasteiger partial charge in [0.05, 0.1) is 6.61 Å². The number of rotatable bonds is 9. The lowest BCUT2D eigenvalue weighted by atomic mass is 10.1. The SMILES string of the molecule is COCCNC(=O)NCCc1c[nH]c2cc(OCc3ccccc3)ccc12. The van der Waals surface area contributed by atoms with Crippen LogP contribution in [0.2, 0.25) is 0 Å². The van der Waals surface area contributed by atoms with Crippen LogP contribution in [-0.2, 0) is 17.8 Å². The van der Waals surface area contributed by atoms with Crippen molar-refractivity contribution in [3.05, 3.63) is 65.9 Å². The van der Waals surface area contributed by atoms with E-state index in [1.54, 1.807) is 7.11 Å². The number of H-pyrrole nitrogens is 1. The largest absolute Gasteiger partial charge is 0.489 e. The average molecular weight is 367 g/mol. The summed E-state index contributed by atoms with van der Waals surface area (Å²) < 4.78 is 10.8. The van der Waals surface area contributed by atoms with Crippen LogP contribution in [0.3, 0.4) is 0 Å². The summed E-state index contributed by atoms with van der Waals surface area (Å²) in [5, 5.41) is 6.73. The van der Waals surface area contributed by atoms with Crippen molar-refractivity contribution in [1.29, 1.82) is 0 Å². The number of carbonyl (C=O) groups is 1. The lowest BCUT2D eigenvalue weighted by molar-refractivity contribution is 0.196. The van der Waals surface area contributed by atoms with E-state index in [-0.39, 0.29) is 6.03 Å². The van der Waals surface area contributed by atoms with Crippen LogP contribution < -0.4 is 15.4 Å². The van der Waals surface area contributed by atoms with Gasteiger partial charge in [0.25, 0.3) is 0 Å². The number of carbonyl (C=O) groups excluding carboxylic acids is 1. The van der Waals surface area contributed by atoms with E-state index in [1.807, 2.05) is 48.7 Å². The van der Waals surface area contributed by atoms with Gasteiger partial charge in [-0.2, -0.15) is 0 Å². The molecule has 27 heavy (non-hydrogen) atoms. The first-order valence-electron chi connectivity index (χ1n) is 9.03. The summed E-state index contributed by atoms with van der Waals surface area (Å²) in [6.45, 7) is 2.12. The maximum atomic E-state index is 11.6. The van der Waals surface area contributed by atoms with Crippen LogP contribution in [0.4, 0.5) is 4.79 Å². The average Bonchev–Trinajstić information content (AvgIpc) is 3.10. The minimum atomic E-state index is -0.177. The molecule has 0 radical (unpaired) electrons. The minimum absolute atomic E-state index is 0.177. The van der Waals surface area contributed by atoms with Gasteiger partial charge in [-0.05, 0) is 29.7 Å². The van der Waals surface area contributed by atoms with Crippen LogP contribution in [0.1, 0.15) is 11.1 Å². The van der Waals surface area contributed by atoms with E-state index in [0.717, 1.165) is 34.2 Å². The van der Waals surface area contributed by atoms with Crippen molar-refractivity contribution >= 4 is 16.9 Å². The van der Waals surface area contributed by atoms with Crippen molar-refractivity contribution in [2.75, 3.05) is 26.8 Å². The molecule has 3 N–H and O–H groups in total. The first-order valence-corrected chi connectivity index (χ1v) is 9.03. The predicted molar refractivity (Wildman–Crippen MR) is 106 cm³/mol. The lowest BCUT2D eigenvalue weighted by Crippen LogP contribution is -2.38. The number of fused-ring (bicyclic) bond motifs is 1. The maximum absolute atomic E-state index is 11.6. The first-order chi connectivity index (χ1) is 13.3. The van der Waals surface area contributed by atoms with Crippen LogP contribution >= 0.6 is 0 Å². The highest BCUT2D eigenvalue weighted by atomic mass is 16.5. The van der Waals surface area contributed by atoms with Gasteiger partial charge in [-0.1, -0.05) is 30.3 Å². The number of benzene rings is 2. The second-order valence-corrected chi connectivity index (χ2v) is 6.22. The maximum Gasteiger partial charge on any atom is 0.314 e. The highest BCUT2D eigenvalue weighted by molar-refractivity contribution is 5.84. The first kappa shape index (κ1) is 18.8. The zero-order valence-corrected chi connectivity index (χ0v) is 15.5. The van der Waals surface area contributed by atoms with Crippen LogP contribution in [0.25, 0.3) is 10.9 Å². The Balaban J connectivity index is 1.52. The fourth-order valence-electron chi connectivity index (χ4n) is 2.84. The summed E-state index contributed by atoms with van der Waals surface area (Å²) in [6, 6.07) is 16.0. The Kier molecular flexibility index (Phi) is 6.71. The monoisotopic (exact) mass is 367 g/mol. The van der Waals surface area contributed by atoms with Crippen molar-refractivity contribution in [3.8, 4) is 5.75 Å². The Labute approximate surface area is 158 Å². The van der Waals surface area contributed by atoms with Crippen molar-refractivity contribution in [3.63, 3.8) is 0 Å². The van der Waals surface area contributed by atoms with Crippen molar-refractivity contribution in [2.45, 2.75) is 13.0 Å². The lowest BCUT2D eigenvalue weighted by Gasteiger charge is -2.08. The van der Waals surface area contributed by atoms with Gasteiger partial charge in [0.15, 0.2) is 0 Å². The molecule has 2 aromatic carbocycles.